The highest BCUT2D eigenvalue weighted by molar-refractivity contribution is 7.99. The molecule has 0 unspecified atom stereocenters. The Morgan fingerprint density at radius 2 is 1.50 bits per heavy atom. The Bertz CT molecular complexity index is 1070. The molecule has 3 aromatic rings. The van der Waals surface area contributed by atoms with Crippen LogP contribution >= 0.6 is 11.8 Å². The number of hydrogen-bond donors (Lipinski definition) is 0. The zero-order chi connectivity index (χ0) is 21.8. The molecule has 0 aliphatic carbocycles. The van der Waals surface area contributed by atoms with E-state index in [0.29, 0.717) is 33.3 Å². The number of methoxy groups -OCH3 is 2. The first-order chi connectivity index (χ1) is 14.3. The van der Waals surface area contributed by atoms with E-state index in [9.17, 15) is 4.79 Å². The predicted molar refractivity (Wildman–Crippen MR) is 118 cm³/mol. The van der Waals surface area contributed by atoms with Crippen LogP contribution in [0.2, 0.25) is 0 Å². The molecule has 0 aliphatic heterocycles. The molecule has 160 valence electrons. The van der Waals surface area contributed by atoms with Gasteiger partial charge in [0.25, 0.3) is 0 Å². The van der Waals surface area contributed by atoms with Crippen molar-refractivity contribution >= 4 is 22.7 Å². The zero-order valence-corrected chi connectivity index (χ0v) is 18.8. The third kappa shape index (κ3) is 4.84. The van der Waals surface area contributed by atoms with E-state index in [-0.39, 0.29) is 17.6 Å². The van der Waals surface area contributed by atoms with Crippen LogP contribution in [0.4, 0.5) is 0 Å². The molecule has 1 heterocycles. The standard InChI is InChI=1S/C23H26O6S/c1-13(2)27-15-7-9-16(10-8-15)30-20-11-17(24)21-18(29-20)12-19(28-14(3)4)22(25-5)23(21)26-6/h7-14H,1-6H3. The quantitative estimate of drug-likeness (QED) is 0.465. The minimum absolute atomic E-state index is 0.0862. The fraction of sp³-hybridized carbons (Fsp3) is 0.348. The van der Waals surface area contributed by atoms with Crippen LogP contribution in [0, 0.1) is 0 Å². The molecule has 0 amide bonds. The van der Waals surface area contributed by atoms with Crippen molar-refractivity contribution in [2.45, 2.75) is 49.9 Å². The molecule has 0 saturated heterocycles. The Balaban J connectivity index is 2.02. The van der Waals surface area contributed by atoms with Gasteiger partial charge < -0.3 is 23.4 Å². The van der Waals surface area contributed by atoms with E-state index in [4.69, 9.17) is 23.4 Å². The van der Waals surface area contributed by atoms with Crippen molar-refractivity contribution in [3.8, 4) is 23.0 Å². The SMILES string of the molecule is COc1c(OC(C)C)cc2oc(Sc3ccc(OC(C)C)cc3)cc(=O)c2c1OC. The van der Waals surface area contributed by atoms with Crippen LogP contribution in [0.25, 0.3) is 11.0 Å². The van der Waals surface area contributed by atoms with Gasteiger partial charge in [-0.25, -0.2) is 0 Å². The summed E-state index contributed by atoms with van der Waals surface area (Å²) in [6.45, 7) is 7.77. The normalized spacial score (nSPS) is 11.2. The summed E-state index contributed by atoms with van der Waals surface area (Å²) in [5.74, 6) is 1.91. The molecule has 7 heteroatoms. The second kappa shape index (κ2) is 9.34. The number of rotatable bonds is 8. The Morgan fingerprint density at radius 1 is 0.867 bits per heavy atom. The summed E-state index contributed by atoms with van der Waals surface area (Å²) in [5.41, 5.74) is 0.155. The van der Waals surface area contributed by atoms with Gasteiger partial charge in [0.2, 0.25) is 5.75 Å². The van der Waals surface area contributed by atoms with Crippen LogP contribution in [-0.2, 0) is 0 Å². The van der Waals surface area contributed by atoms with Gasteiger partial charge in [-0.15, -0.1) is 0 Å². The maximum Gasteiger partial charge on any atom is 0.204 e. The van der Waals surface area contributed by atoms with Gasteiger partial charge in [-0.2, -0.15) is 0 Å². The molecular weight excluding hydrogens is 404 g/mol. The van der Waals surface area contributed by atoms with Gasteiger partial charge in [0.15, 0.2) is 22.0 Å². The summed E-state index contributed by atoms with van der Waals surface area (Å²) in [4.78, 5) is 13.8. The molecule has 6 nitrogen and oxygen atoms in total. The molecule has 0 atom stereocenters. The first-order valence-electron chi connectivity index (χ1n) is 9.66. The summed E-state index contributed by atoms with van der Waals surface area (Å²) >= 11 is 1.35. The molecule has 0 N–H and O–H groups in total. The maximum absolute atomic E-state index is 12.9. The van der Waals surface area contributed by atoms with E-state index in [1.807, 2.05) is 52.0 Å². The van der Waals surface area contributed by atoms with Crippen LogP contribution in [-0.4, -0.2) is 26.4 Å². The van der Waals surface area contributed by atoms with Gasteiger partial charge in [-0.1, -0.05) is 11.8 Å². The first-order valence-corrected chi connectivity index (χ1v) is 10.5. The van der Waals surface area contributed by atoms with Gasteiger partial charge in [-0.3, -0.25) is 4.79 Å². The Kier molecular flexibility index (Phi) is 6.82. The number of hydrogen-bond acceptors (Lipinski definition) is 7. The van der Waals surface area contributed by atoms with Crippen molar-refractivity contribution in [3.63, 3.8) is 0 Å². The average molecular weight is 431 g/mol. The molecule has 30 heavy (non-hydrogen) atoms. The lowest BCUT2D eigenvalue weighted by atomic mass is 10.1. The summed E-state index contributed by atoms with van der Waals surface area (Å²) in [5, 5.41) is 0.781. The van der Waals surface area contributed by atoms with Crippen molar-refractivity contribution in [2.24, 2.45) is 0 Å². The van der Waals surface area contributed by atoms with Crippen LogP contribution in [0.3, 0.4) is 0 Å². The highest BCUT2D eigenvalue weighted by atomic mass is 32.2. The second-order valence-corrected chi connectivity index (χ2v) is 8.23. The molecule has 0 saturated carbocycles. The van der Waals surface area contributed by atoms with Crippen molar-refractivity contribution in [3.05, 3.63) is 46.6 Å². The van der Waals surface area contributed by atoms with Gasteiger partial charge in [-0.05, 0) is 52.0 Å². The predicted octanol–water partition coefficient (Wildman–Crippen LogP) is 5.54. The molecule has 0 aliphatic rings. The van der Waals surface area contributed by atoms with Crippen LogP contribution in [0.15, 0.2) is 55.6 Å². The Hall–Kier alpha value is -2.80. The second-order valence-electron chi connectivity index (χ2n) is 7.15. The van der Waals surface area contributed by atoms with E-state index >= 15 is 0 Å². The highest BCUT2D eigenvalue weighted by Crippen LogP contribution is 2.43. The lowest BCUT2D eigenvalue weighted by Gasteiger charge is -2.17. The fourth-order valence-electron chi connectivity index (χ4n) is 2.98. The first kappa shape index (κ1) is 21.9. The number of benzene rings is 2. The Morgan fingerprint density at radius 3 is 2.07 bits per heavy atom. The third-order valence-corrected chi connectivity index (χ3v) is 4.97. The lowest BCUT2D eigenvalue weighted by Crippen LogP contribution is -2.09. The van der Waals surface area contributed by atoms with Gasteiger partial charge in [0.05, 0.1) is 26.4 Å². The molecule has 2 aromatic carbocycles. The van der Waals surface area contributed by atoms with Crippen molar-refractivity contribution in [2.75, 3.05) is 14.2 Å². The van der Waals surface area contributed by atoms with Crippen molar-refractivity contribution in [1.82, 2.24) is 0 Å². The zero-order valence-electron chi connectivity index (χ0n) is 18.0. The minimum atomic E-state index is -0.218. The highest BCUT2D eigenvalue weighted by Gasteiger charge is 2.21. The number of ether oxygens (including phenoxy) is 4. The molecule has 3 rings (SSSR count). The van der Waals surface area contributed by atoms with E-state index < -0.39 is 0 Å². The summed E-state index contributed by atoms with van der Waals surface area (Å²) in [7, 11) is 2.99. The van der Waals surface area contributed by atoms with Crippen molar-refractivity contribution in [1.29, 1.82) is 0 Å². The molecule has 1 aromatic heterocycles. The largest absolute Gasteiger partial charge is 0.492 e. The monoisotopic (exact) mass is 430 g/mol. The van der Waals surface area contributed by atoms with Crippen LogP contribution in [0.1, 0.15) is 27.7 Å². The van der Waals surface area contributed by atoms with Crippen molar-refractivity contribution < 1.29 is 23.4 Å². The maximum atomic E-state index is 12.9. The summed E-state index contributed by atoms with van der Waals surface area (Å²) in [6, 6.07) is 10.8. The summed E-state index contributed by atoms with van der Waals surface area (Å²) < 4.78 is 28.4. The van der Waals surface area contributed by atoms with Crippen LogP contribution in [0.5, 0.6) is 23.0 Å². The van der Waals surface area contributed by atoms with E-state index in [1.165, 1.54) is 32.0 Å². The van der Waals surface area contributed by atoms with E-state index in [0.717, 1.165) is 10.6 Å². The lowest BCUT2D eigenvalue weighted by molar-refractivity contribution is 0.226. The van der Waals surface area contributed by atoms with Gasteiger partial charge in [0, 0.05) is 17.0 Å². The molecule has 0 bridgehead atoms. The van der Waals surface area contributed by atoms with E-state index in [2.05, 4.69) is 0 Å². The Labute approximate surface area is 180 Å². The average Bonchev–Trinajstić information content (AvgIpc) is 2.67. The molecular formula is C23H26O6S. The fourth-order valence-corrected chi connectivity index (χ4v) is 3.78. The van der Waals surface area contributed by atoms with E-state index in [1.54, 1.807) is 6.07 Å². The van der Waals surface area contributed by atoms with Gasteiger partial charge in [0.1, 0.15) is 16.7 Å². The minimum Gasteiger partial charge on any atom is -0.492 e. The molecule has 0 radical (unpaired) electrons. The molecule has 0 spiro atoms. The van der Waals surface area contributed by atoms with Gasteiger partial charge >= 0.3 is 0 Å². The number of fused-ring (bicyclic) bond motifs is 1. The summed E-state index contributed by atoms with van der Waals surface area (Å²) in [6.07, 6.45) is 0.0214. The third-order valence-electron chi connectivity index (χ3n) is 4.06. The smallest absolute Gasteiger partial charge is 0.204 e. The topological polar surface area (TPSA) is 67.1 Å². The van der Waals surface area contributed by atoms with Crippen LogP contribution < -0.4 is 24.4 Å². The molecule has 0 fully saturated rings.